The van der Waals surface area contributed by atoms with Crippen molar-refractivity contribution in [3.8, 4) is 0 Å². The molecule has 0 aliphatic heterocycles. The van der Waals surface area contributed by atoms with E-state index in [9.17, 15) is 14.0 Å². The number of carbonyl (C=O) groups excluding carboxylic acids is 2. The van der Waals surface area contributed by atoms with Gasteiger partial charge >= 0.3 is 0 Å². The molecule has 0 saturated carbocycles. The molecule has 1 N–H and O–H groups in total. The van der Waals surface area contributed by atoms with Crippen LogP contribution in [0.25, 0.3) is 0 Å². The molecule has 6 heteroatoms. The summed E-state index contributed by atoms with van der Waals surface area (Å²) in [7, 11) is 0. The number of nitrogens with one attached hydrogen (secondary N) is 1. The van der Waals surface area contributed by atoms with Crippen LogP contribution in [0.4, 0.5) is 4.39 Å². The lowest BCUT2D eigenvalue weighted by atomic mass is 10.0. The Labute approximate surface area is 151 Å². The first-order chi connectivity index (χ1) is 12.0. The van der Waals surface area contributed by atoms with Crippen molar-refractivity contribution < 1.29 is 14.0 Å². The van der Waals surface area contributed by atoms with Crippen molar-refractivity contribution >= 4 is 23.4 Å². The summed E-state index contributed by atoms with van der Waals surface area (Å²) in [6.07, 6.45) is 0. The van der Waals surface area contributed by atoms with Gasteiger partial charge in [0.25, 0.3) is 5.91 Å². The van der Waals surface area contributed by atoms with Crippen LogP contribution in [0.2, 0.25) is 5.02 Å². The lowest BCUT2D eigenvalue weighted by Gasteiger charge is -2.26. The van der Waals surface area contributed by atoms with Crippen LogP contribution in [-0.4, -0.2) is 29.8 Å². The molecular weight excluding hydrogens is 343 g/mol. The van der Waals surface area contributed by atoms with Crippen LogP contribution in [0.3, 0.4) is 0 Å². The first kappa shape index (κ1) is 18.9. The fraction of sp³-hybridized carbons (Fsp3) is 0.263. The summed E-state index contributed by atoms with van der Waals surface area (Å²) in [6, 6.07) is 12.0. The highest BCUT2D eigenvalue weighted by atomic mass is 35.5. The van der Waals surface area contributed by atoms with Crippen LogP contribution in [-0.2, 0) is 4.79 Å². The van der Waals surface area contributed by atoms with E-state index in [4.69, 9.17) is 11.6 Å². The second-order valence-electron chi connectivity index (χ2n) is 5.42. The SMILES string of the molecule is CCN(CC)C(=O)[C@@H](NC(=O)c1c(F)cccc1Cl)c1ccccc1. The van der Waals surface area contributed by atoms with E-state index in [2.05, 4.69) is 5.32 Å². The maximum absolute atomic E-state index is 14.0. The lowest BCUT2D eigenvalue weighted by Crippen LogP contribution is -2.43. The molecule has 2 aromatic rings. The highest BCUT2D eigenvalue weighted by Crippen LogP contribution is 2.22. The van der Waals surface area contributed by atoms with Gasteiger partial charge in [0.1, 0.15) is 11.9 Å². The Morgan fingerprint density at radius 2 is 1.72 bits per heavy atom. The summed E-state index contributed by atoms with van der Waals surface area (Å²) in [6.45, 7) is 4.74. The second kappa shape index (κ2) is 8.62. The summed E-state index contributed by atoms with van der Waals surface area (Å²) in [4.78, 5) is 27.0. The molecule has 2 aromatic carbocycles. The summed E-state index contributed by atoms with van der Waals surface area (Å²) >= 11 is 5.95. The molecule has 0 aliphatic rings. The molecule has 0 spiro atoms. The molecule has 4 nitrogen and oxygen atoms in total. The Morgan fingerprint density at radius 3 is 2.28 bits per heavy atom. The van der Waals surface area contributed by atoms with E-state index in [-0.39, 0.29) is 16.5 Å². The van der Waals surface area contributed by atoms with E-state index in [0.29, 0.717) is 18.7 Å². The minimum atomic E-state index is -0.913. The van der Waals surface area contributed by atoms with Gasteiger partial charge in [-0.2, -0.15) is 0 Å². The molecule has 1 atom stereocenters. The van der Waals surface area contributed by atoms with Gasteiger partial charge < -0.3 is 10.2 Å². The van der Waals surface area contributed by atoms with Crippen LogP contribution in [0.5, 0.6) is 0 Å². The van der Waals surface area contributed by atoms with E-state index in [1.807, 2.05) is 19.9 Å². The lowest BCUT2D eigenvalue weighted by molar-refractivity contribution is -0.133. The van der Waals surface area contributed by atoms with Gasteiger partial charge in [0.15, 0.2) is 0 Å². The highest BCUT2D eigenvalue weighted by Gasteiger charge is 2.28. The Bertz CT molecular complexity index is 728. The van der Waals surface area contributed by atoms with Crippen LogP contribution < -0.4 is 5.32 Å². The molecule has 0 aliphatic carbocycles. The van der Waals surface area contributed by atoms with Gasteiger partial charge in [0.05, 0.1) is 10.6 Å². The summed E-state index contributed by atoms with van der Waals surface area (Å²) < 4.78 is 14.0. The van der Waals surface area contributed by atoms with E-state index in [1.165, 1.54) is 12.1 Å². The van der Waals surface area contributed by atoms with Gasteiger partial charge in [0.2, 0.25) is 5.91 Å². The van der Waals surface area contributed by atoms with Gasteiger partial charge in [-0.25, -0.2) is 4.39 Å². The van der Waals surface area contributed by atoms with Gasteiger partial charge in [-0.3, -0.25) is 9.59 Å². The fourth-order valence-corrected chi connectivity index (χ4v) is 2.82. The maximum Gasteiger partial charge on any atom is 0.256 e. The van der Waals surface area contributed by atoms with Crippen molar-refractivity contribution in [1.29, 1.82) is 0 Å². The maximum atomic E-state index is 14.0. The van der Waals surface area contributed by atoms with Crippen LogP contribution in [0.1, 0.15) is 35.8 Å². The van der Waals surface area contributed by atoms with Crippen LogP contribution >= 0.6 is 11.6 Å². The third-order valence-corrected chi connectivity index (χ3v) is 4.24. The molecule has 0 unspecified atom stereocenters. The zero-order valence-corrected chi connectivity index (χ0v) is 14.9. The third kappa shape index (κ3) is 4.37. The molecule has 2 rings (SSSR count). The number of hydrogen-bond acceptors (Lipinski definition) is 2. The molecule has 132 valence electrons. The number of hydrogen-bond donors (Lipinski definition) is 1. The molecule has 2 amide bonds. The predicted molar refractivity (Wildman–Crippen MR) is 96.0 cm³/mol. The average Bonchev–Trinajstić information content (AvgIpc) is 2.61. The largest absolute Gasteiger partial charge is 0.341 e. The molecule has 0 bridgehead atoms. The predicted octanol–water partition coefficient (Wildman–Crippen LogP) is 3.82. The number of carbonyl (C=O) groups is 2. The number of likely N-dealkylation sites (N-methyl/N-ethyl adjacent to an activating group) is 1. The van der Waals surface area contributed by atoms with Crippen molar-refractivity contribution in [2.24, 2.45) is 0 Å². The number of benzene rings is 2. The fourth-order valence-electron chi connectivity index (χ4n) is 2.57. The summed E-state index contributed by atoms with van der Waals surface area (Å²) in [5.41, 5.74) is 0.359. The number of nitrogens with zero attached hydrogens (tertiary/aromatic N) is 1. The van der Waals surface area contributed by atoms with Gasteiger partial charge in [-0.1, -0.05) is 48.0 Å². The molecule has 0 aromatic heterocycles. The first-order valence-corrected chi connectivity index (χ1v) is 8.46. The van der Waals surface area contributed by atoms with Crippen molar-refractivity contribution in [1.82, 2.24) is 10.2 Å². The minimum absolute atomic E-state index is 0.000371. The highest BCUT2D eigenvalue weighted by molar-refractivity contribution is 6.33. The van der Waals surface area contributed by atoms with E-state index < -0.39 is 17.8 Å². The minimum Gasteiger partial charge on any atom is -0.341 e. The molecule has 0 heterocycles. The van der Waals surface area contributed by atoms with Crippen molar-refractivity contribution in [2.75, 3.05) is 13.1 Å². The summed E-state index contributed by atoms with van der Waals surface area (Å²) in [5.74, 6) is -1.71. The molecule has 0 saturated heterocycles. The van der Waals surface area contributed by atoms with E-state index in [1.54, 1.807) is 29.2 Å². The second-order valence-corrected chi connectivity index (χ2v) is 5.83. The zero-order valence-electron chi connectivity index (χ0n) is 14.1. The topological polar surface area (TPSA) is 49.4 Å². The number of rotatable bonds is 6. The zero-order chi connectivity index (χ0) is 18.4. The molecular formula is C19H20ClFN2O2. The number of halogens is 2. The normalized spacial score (nSPS) is 11.7. The first-order valence-electron chi connectivity index (χ1n) is 8.08. The smallest absolute Gasteiger partial charge is 0.256 e. The van der Waals surface area contributed by atoms with Crippen molar-refractivity contribution in [2.45, 2.75) is 19.9 Å². The monoisotopic (exact) mass is 362 g/mol. The molecule has 0 fully saturated rings. The average molecular weight is 363 g/mol. The van der Waals surface area contributed by atoms with Crippen LogP contribution in [0.15, 0.2) is 48.5 Å². The Hall–Kier alpha value is -2.40. The number of amides is 2. The van der Waals surface area contributed by atoms with Crippen molar-refractivity contribution in [3.05, 3.63) is 70.5 Å². The Morgan fingerprint density at radius 1 is 1.08 bits per heavy atom. The Balaban J connectivity index is 2.37. The quantitative estimate of drug-likeness (QED) is 0.849. The van der Waals surface area contributed by atoms with Crippen molar-refractivity contribution in [3.63, 3.8) is 0 Å². The molecule has 25 heavy (non-hydrogen) atoms. The van der Waals surface area contributed by atoms with Gasteiger partial charge in [0, 0.05) is 13.1 Å². The van der Waals surface area contributed by atoms with Gasteiger partial charge in [-0.05, 0) is 31.5 Å². The standard InChI is InChI=1S/C19H20ClFN2O2/c1-3-23(4-2)19(25)17(13-9-6-5-7-10-13)22-18(24)16-14(20)11-8-12-15(16)21/h5-12,17H,3-4H2,1-2H3,(H,22,24)/t17-/m0/s1. The van der Waals surface area contributed by atoms with Crippen LogP contribution in [0, 0.1) is 5.82 Å². The van der Waals surface area contributed by atoms with E-state index in [0.717, 1.165) is 6.07 Å². The third-order valence-electron chi connectivity index (χ3n) is 3.92. The van der Waals surface area contributed by atoms with E-state index >= 15 is 0 Å². The summed E-state index contributed by atoms with van der Waals surface area (Å²) in [5, 5.41) is 2.63. The molecule has 0 radical (unpaired) electrons. The Kier molecular flexibility index (Phi) is 6.53. The van der Waals surface area contributed by atoms with Gasteiger partial charge in [-0.15, -0.1) is 0 Å².